The van der Waals surface area contributed by atoms with Gasteiger partial charge in [-0.2, -0.15) is 0 Å². The molecule has 1 aliphatic heterocycles. The third-order valence-electron chi connectivity index (χ3n) is 3.59. The van der Waals surface area contributed by atoms with E-state index < -0.39 is 9.84 Å². The van der Waals surface area contributed by atoms with Crippen molar-refractivity contribution >= 4 is 21.7 Å². The lowest BCUT2D eigenvalue weighted by molar-refractivity contribution is -0.154. The molecule has 0 aromatic heterocycles. The molecule has 0 unspecified atom stereocenters. The molecule has 0 radical (unpaired) electrons. The van der Waals surface area contributed by atoms with Gasteiger partial charge < -0.3 is 0 Å². The molecule has 0 N–H and O–H groups in total. The van der Waals surface area contributed by atoms with Crippen LogP contribution in [0.25, 0.3) is 0 Å². The zero-order valence-corrected chi connectivity index (χ0v) is 14.0. The van der Waals surface area contributed by atoms with E-state index in [0.29, 0.717) is 18.7 Å². The first kappa shape index (κ1) is 17.2. The first-order chi connectivity index (χ1) is 10.8. The standard InChI is InChI=1S/C16H20N2O4S/c1-3-5-15(19)17-10-4-11-18(17)16(20)12-13-6-8-14(9-7-13)23(2,21)22/h3,5-9H,4,10-12H2,1-2H3/b5-3+. The smallest absolute Gasteiger partial charge is 0.264 e. The molecule has 124 valence electrons. The van der Waals surface area contributed by atoms with Crippen LogP contribution in [0.3, 0.4) is 0 Å². The quantitative estimate of drug-likeness (QED) is 0.774. The second-order valence-electron chi connectivity index (χ2n) is 5.42. The number of allylic oxidation sites excluding steroid dienone is 1. The van der Waals surface area contributed by atoms with Gasteiger partial charge in [-0.25, -0.2) is 13.4 Å². The van der Waals surface area contributed by atoms with Crippen LogP contribution in [0.4, 0.5) is 0 Å². The predicted molar refractivity (Wildman–Crippen MR) is 86.1 cm³/mol. The van der Waals surface area contributed by atoms with Crippen LogP contribution in [-0.2, 0) is 25.8 Å². The predicted octanol–water partition coefficient (Wildman–Crippen LogP) is 1.18. The largest absolute Gasteiger partial charge is 0.273 e. The molecule has 1 heterocycles. The summed E-state index contributed by atoms with van der Waals surface area (Å²) in [4.78, 5) is 24.6. The molecule has 2 amide bonds. The van der Waals surface area contributed by atoms with Gasteiger partial charge in [-0.05, 0) is 31.0 Å². The fourth-order valence-electron chi connectivity index (χ4n) is 2.45. The Labute approximate surface area is 136 Å². The summed E-state index contributed by atoms with van der Waals surface area (Å²) >= 11 is 0. The Morgan fingerprint density at radius 2 is 1.74 bits per heavy atom. The first-order valence-corrected chi connectivity index (χ1v) is 9.25. The molecular weight excluding hydrogens is 316 g/mol. The van der Waals surface area contributed by atoms with Gasteiger partial charge in [0.05, 0.1) is 11.3 Å². The molecule has 0 saturated carbocycles. The van der Waals surface area contributed by atoms with E-state index in [0.717, 1.165) is 12.7 Å². The molecule has 0 bridgehead atoms. The Balaban J connectivity index is 2.08. The van der Waals surface area contributed by atoms with E-state index in [-0.39, 0.29) is 23.1 Å². The van der Waals surface area contributed by atoms with Crippen molar-refractivity contribution in [2.75, 3.05) is 19.3 Å². The molecule has 23 heavy (non-hydrogen) atoms. The molecule has 1 saturated heterocycles. The summed E-state index contributed by atoms with van der Waals surface area (Å²) in [5.74, 6) is -0.377. The maximum absolute atomic E-state index is 12.4. The normalized spacial score (nSPS) is 15.4. The lowest BCUT2D eigenvalue weighted by Gasteiger charge is -2.27. The van der Waals surface area contributed by atoms with Crippen LogP contribution < -0.4 is 0 Å². The minimum absolute atomic E-state index is 0.129. The highest BCUT2D eigenvalue weighted by molar-refractivity contribution is 7.90. The van der Waals surface area contributed by atoms with Crippen molar-refractivity contribution in [1.29, 1.82) is 0 Å². The Kier molecular flexibility index (Phi) is 5.20. The third kappa shape index (κ3) is 4.19. The minimum atomic E-state index is -3.25. The van der Waals surface area contributed by atoms with Gasteiger partial charge >= 0.3 is 0 Å². The second kappa shape index (κ2) is 6.95. The molecule has 0 spiro atoms. The van der Waals surface area contributed by atoms with E-state index in [9.17, 15) is 18.0 Å². The van der Waals surface area contributed by atoms with E-state index in [1.165, 1.54) is 28.2 Å². The van der Waals surface area contributed by atoms with E-state index in [1.54, 1.807) is 25.1 Å². The highest BCUT2D eigenvalue weighted by Gasteiger charge is 2.29. The Morgan fingerprint density at radius 1 is 1.13 bits per heavy atom. The zero-order chi connectivity index (χ0) is 17.0. The van der Waals surface area contributed by atoms with Gasteiger partial charge in [0.25, 0.3) is 5.91 Å². The molecule has 0 aliphatic carbocycles. The number of benzene rings is 1. The molecule has 6 nitrogen and oxygen atoms in total. The van der Waals surface area contributed by atoms with Crippen LogP contribution >= 0.6 is 0 Å². The monoisotopic (exact) mass is 336 g/mol. The van der Waals surface area contributed by atoms with Gasteiger partial charge in [-0.15, -0.1) is 0 Å². The summed E-state index contributed by atoms with van der Waals surface area (Å²) in [5, 5.41) is 2.92. The molecule has 0 atom stereocenters. The van der Waals surface area contributed by atoms with Crippen LogP contribution in [0, 0.1) is 0 Å². The van der Waals surface area contributed by atoms with Crippen molar-refractivity contribution in [3.63, 3.8) is 0 Å². The Morgan fingerprint density at radius 3 is 2.30 bits per heavy atom. The van der Waals surface area contributed by atoms with Gasteiger partial charge in [0.15, 0.2) is 9.84 Å². The van der Waals surface area contributed by atoms with E-state index >= 15 is 0 Å². The molecule has 7 heteroatoms. The van der Waals surface area contributed by atoms with Crippen molar-refractivity contribution in [1.82, 2.24) is 10.0 Å². The SMILES string of the molecule is C/C=C/C(=O)N1CCCN1C(=O)Cc1ccc(S(C)(=O)=O)cc1. The Bertz CT molecular complexity index is 723. The highest BCUT2D eigenvalue weighted by Crippen LogP contribution is 2.15. The summed E-state index contributed by atoms with van der Waals surface area (Å²) in [7, 11) is -3.25. The summed E-state index contributed by atoms with van der Waals surface area (Å²) in [6.07, 6.45) is 5.10. The van der Waals surface area contributed by atoms with E-state index in [1.807, 2.05) is 0 Å². The number of hydrogen-bond donors (Lipinski definition) is 0. The van der Waals surface area contributed by atoms with E-state index in [2.05, 4.69) is 0 Å². The fourth-order valence-corrected chi connectivity index (χ4v) is 3.08. The van der Waals surface area contributed by atoms with Crippen LogP contribution in [0.5, 0.6) is 0 Å². The summed E-state index contributed by atoms with van der Waals surface area (Å²) in [6.45, 7) is 2.80. The molecular formula is C16H20N2O4S. The summed E-state index contributed by atoms with van der Waals surface area (Å²) < 4.78 is 22.9. The summed E-state index contributed by atoms with van der Waals surface area (Å²) in [5.41, 5.74) is 0.715. The maximum atomic E-state index is 12.4. The van der Waals surface area contributed by atoms with Gasteiger partial charge in [0.2, 0.25) is 5.91 Å². The number of rotatable bonds is 4. The van der Waals surface area contributed by atoms with Crippen LogP contribution in [0.15, 0.2) is 41.3 Å². The zero-order valence-electron chi connectivity index (χ0n) is 13.2. The minimum Gasteiger partial charge on any atom is -0.273 e. The highest BCUT2D eigenvalue weighted by atomic mass is 32.2. The lowest BCUT2D eigenvalue weighted by atomic mass is 10.1. The molecule has 1 aromatic carbocycles. The van der Waals surface area contributed by atoms with Crippen molar-refractivity contribution in [2.45, 2.75) is 24.7 Å². The first-order valence-electron chi connectivity index (χ1n) is 7.36. The molecule has 1 fully saturated rings. The lowest BCUT2D eigenvalue weighted by Crippen LogP contribution is -2.44. The second-order valence-corrected chi connectivity index (χ2v) is 7.44. The third-order valence-corrected chi connectivity index (χ3v) is 4.72. The molecule has 2 rings (SSSR count). The maximum Gasteiger partial charge on any atom is 0.264 e. The van der Waals surface area contributed by atoms with Crippen LogP contribution in [0.2, 0.25) is 0 Å². The number of hydrogen-bond acceptors (Lipinski definition) is 4. The average Bonchev–Trinajstić information content (AvgIpc) is 2.96. The van der Waals surface area contributed by atoms with Crippen molar-refractivity contribution in [3.8, 4) is 0 Å². The number of sulfone groups is 1. The van der Waals surface area contributed by atoms with Gasteiger partial charge in [0.1, 0.15) is 0 Å². The number of carbonyl (C=O) groups excluding carboxylic acids is 2. The number of carbonyl (C=O) groups is 2. The molecule has 1 aliphatic rings. The van der Waals surface area contributed by atoms with Crippen LogP contribution in [-0.4, -0.2) is 49.6 Å². The van der Waals surface area contributed by atoms with Gasteiger partial charge in [0, 0.05) is 25.4 Å². The molecule has 1 aromatic rings. The fraction of sp³-hybridized carbons (Fsp3) is 0.375. The average molecular weight is 336 g/mol. The van der Waals surface area contributed by atoms with Crippen molar-refractivity contribution < 1.29 is 18.0 Å². The van der Waals surface area contributed by atoms with E-state index in [4.69, 9.17) is 0 Å². The number of amides is 2. The topological polar surface area (TPSA) is 74.8 Å². The van der Waals surface area contributed by atoms with Gasteiger partial charge in [-0.3, -0.25) is 14.6 Å². The van der Waals surface area contributed by atoms with Crippen molar-refractivity contribution in [3.05, 3.63) is 42.0 Å². The van der Waals surface area contributed by atoms with Crippen molar-refractivity contribution in [2.24, 2.45) is 0 Å². The number of hydrazine groups is 1. The summed E-state index contributed by atoms with van der Waals surface area (Å²) in [6, 6.07) is 6.24. The Hall–Kier alpha value is -2.15. The van der Waals surface area contributed by atoms with Crippen LogP contribution in [0.1, 0.15) is 18.9 Å². The number of nitrogens with zero attached hydrogens (tertiary/aromatic N) is 2. The van der Waals surface area contributed by atoms with Gasteiger partial charge in [-0.1, -0.05) is 18.2 Å².